The molecule has 0 spiro atoms. The largest absolute Gasteiger partial charge is 0.508 e. The second-order valence-electron chi connectivity index (χ2n) is 15.1. The standard InChI is InChI=1S/C37H49NOS2/c1-24-7-6-13-36(2,22-24)29-18-25-15-26-16-27(21-30(39)19-26)31-10-11-34(33-9-5-4-8-32(31)33)38-37(3)14-12-35(41-40-23-37)28(17-25)20-29/h4-6,8-9,13,16,19,21,24-25,28-29,31,34-35,38-39H,7,10-12,14-15,17-18,20,22-23H2,1-3H3. The Labute approximate surface area is 256 Å². The average molecular weight is 588 g/mol. The van der Waals surface area contributed by atoms with Crippen molar-refractivity contribution in [1.82, 2.24) is 5.32 Å². The Balaban J connectivity index is 1.29. The minimum atomic E-state index is 0.160. The van der Waals surface area contributed by atoms with Crippen molar-refractivity contribution in [3.8, 4) is 5.75 Å². The van der Waals surface area contributed by atoms with E-state index in [2.05, 4.69) is 102 Å². The molecular weight excluding hydrogens is 539 g/mol. The number of aromatic hydroxyl groups is 1. The van der Waals surface area contributed by atoms with Crippen molar-refractivity contribution in [1.29, 1.82) is 0 Å². The summed E-state index contributed by atoms with van der Waals surface area (Å²) in [5.74, 6) is 5.00. The van der Waals surface area contributed by atoms with Crippen molar-refractivity contribution < 1.29 is 5.11 Å². The van der Waals surface area contributed by atoms with Gasteiger partial charge in [-0.25, -0.2) is 0 Å². The van der Waals surface area contributed by atoms with Crippen molar-refractivity contribution in [2.24, 2.45) is 29.1 Å². The highest BCUT2D eigenvalue weighted by atomic mass is 33.1. The summed E-state index contributed by atoms with van der Waals surface area (Å²) < 4.78 is 0. The number of rotatable bonds is 1. The first-order valence-corrected chi connectivity index (χ1v) is 18.8. The number of hydrogen-bond donors (Lipinski definition) is 2. The maximum absolute atomic E-state index is 11.0. The SMILES string of the molecule is CC1CC=CC(C)(C2CC3Cc4cc(O)cc(c4)C4CCC(NC5(C)CCC(SSC5)C(C3)C2)c2ccccc24)C1. The van der Waals surface area contributed by atoms with Crippen LogP contribution in [0.2, 0.25) is 0 Å². The summed E-state index contributed by atoms with van der Waals surface area (Å²) in [5, 5.41) is 16.0. The lowest BCUT2D eigenvalue weighted by Gasteiger charge is -2.47. The first-order chi connectivity index (χ1) is 19.8. The smallest absolute Gasteiger partial charge is 0.116 e. The number of hydrogen-bond acceptors (Lipinski definition) is 4. The van der Waals surface area contributed by atoms with Gasteiger partial charge >= 0.3 is 0 Å². The van der Waals surface area contributed by atoms with Gasteiger partial charge in [-0.15, -0.1) is 0 Å². The van der Waals surface area contributed by atoms with E-state index < -0.39 is 0 Å². The van der Waals surface area contributed by atoms with Gasteiger partial charge in [-0.1, -0.05) is 77.9 Å². The maximum atomic E-state index is 11.0. The molecule has 9 unspecified atom stereocenters. The highest BCUT2D eigenvalue weighted by Crippen LogP contribution is 2.54. The molecule has 0 radical (unpaired) electrons. The Bertz CT molecular complexity index is 1290. The van der Waals surface area contributed by atoms with Crippen molar-refractivity contribution in [3.63, 3.8) is 0 Å². The molecule has 1 saturated heterocycles. The van der Waals surface area contributed by atoms with E-state index in [1.807, 2.05) is 0 Å². The molecule has 4 heteroatoms. The number of phenolic OH excluding ortho intramolecular Hbond substituents is 1. The van der Waals surface area contributed by atoms with Gasteiger partial charge in [-0.3, -0.25) is 0 Å². The molecular formula is C37H49NOS2. The Morgan fingerprint density at radius 3 is 2.68 bits per heavy atom. The van der Waals surface area contributed by atoms with Crippen molar-refractivity contribution in [2.75, 3.05) is 5.75 Å². The summed E-state index contributed by atoms with van der Waals surface area (Å²) in [6.07, 6.45) is 17.7. The van der Waals surface area contributed by atoms with Gasteiger partial charge in [0.05, 0.1) is 0 Å². The minimum Gasteiger partial charge on any atom is -0.508 e. The number of fused-ring (bicyclic) bond motifs is 1. The van der Waals surface area contributed by atoms with Crippen LogP contribution in [0.4, 0.5) is 0 Å². The van der Waals surface area contributed by atoms with Crippen molar-refractivity contribution in [3.05, 3.63) is 76.9 Å². The van der Waals surface area contributed by atoms with Gasteiger partial charge in [0.2, 0.25) is 0 Å². The molecule has 1 saturated carbocycles. The number of nitrogens with one attached hydrogen (secondary N) is 1. The lowest BCUT2D eigenvalue weighted by atomic mass is 9.59. The Kier molecular flexibility index (Phi) is 7.82. The molecule has 220 valence electrons. The van der Waals surface area contributed by atoms with Crippen LogP contribution in [0.15, 0.2) is 54.6 Å². The molecule has 8 rings (SSSR count). The second kappa shape index (κ2) is 11.3. The molecule has 2 fully saturated rings. The lowest BCUT2D eigenvalue weighted by Crippen LogP contribution is -2.47. The molecule has 2 nitrogen and oxygen atoms in total. The first-order valence-electron chi connectivity index (χ1n) is 16.4. The monoisotopic (exact) mass is 587 g/mol. The molecule has 2 aromatic carbocycles. The molecule has 0 amide bonds. The fourth-order valence-corrected chi connectivity index (χ4v) is 13.2. The second-order valence-corrected chi connectivity index (χ2v) is 17.7. The van der Waals surface area contributed by atoms with E-state index in [1.165, 1.54) is 73.0 Å². The summed E-state index contributed by atoms with van der Waals surface area (Å²) in [7, 11) is 4.38. The summed E-state index contributed by atoms with van der Waals surface area (Å²) >= 11 is 0. The zero-order chi connectivity index (χ0) is 28.2. The predicted molar refractivity (Wildman–Crippen MR) is 177 cm³/mol. The van der Waals surface area contributed by atoms with Gasteiger partial charge < -0.3 is 10.4 Å². The quantitative estimate of drug-likeness (QED) is 0.257. The van der Waals surface area contributed by atoms with Crippen LogP contribution in [-0.4, -0.2) is 21.6 Å². The van der Waals surface area contributed by atoms with E-state index in [4.69, 9.17) is 0 Å². The van der Waals surface area contributed by atoms with Crippen LogP contribution >= 0.6 is 21.6 Å². The fourth-order valence-electron chi connectivity index (χ4n) is 9.59. The van der Waals surface area contributed by atoms with E-state index >= 15 is 0 Å². The summed E-state index contributed by atoms with van der Waals surface area (Å²) in [6, 6.07) is 16.2. The normalized spacial score (nSPS) is 40.6. The van der Waals surface area contributed by atoms with E-state index in [1.54, 1.807) is 0 Å². The summed E-state index contributed by atoms with van der Waals surface area (Å²) in [4.78, 5) is 0. The summed E-state index contributed by atoms with van der Waals surface area (Å²) in [6.45, 7) is 7.53. The molecule has 3 heterocycles. The molecule has 41 heavy (non-hydrogen) atoms. The van der Waals surface area contributed by atoms with Gasteiger partial charge in [-0.05, 0) is 135 Å². The average Bonchev–Trinajstić information content (AvgIpc) is 3.14. The number of phenols is 1. The first kappa shape index (κ1) is 28.4. The van der Waals surface area contributed by atoms with Crippen LogP contribution < -0.4 is 5.32 Å². The predicted octanol–water partition coefficient (Wildman–Crippen LogP) is 9.83. The molecule has 3 aliphatic heterocycles. The van der Waals surface area contributed by atoms with Crippen LogP contribution in [0, 0.1) is 29.1 Å². The van der Waals surface area contributed by atoms with Gasteiger partial charge in [0.25, 0.3) is 0 Å². The topological polar surface area (TPSA) is 32.3 Å². The van der Waals surface area contributed by atoms with Gasteiger partial charge in [0.1, 0.15) is 5.75 Å². The minimum absolute atomic E-state index is 0.160. The number of benzene rings is 2. The Morgan fingerprint density at radius 2 is 1.83 bits per heavy atom. The third kappa shape index (κ3) is 5.79. The van der Waals surface area contributed by atoms with E-state index in [9.17, 15) is 5.11 Å². The molecule has 8 bridgehead atoms. The van der Waals surface area contributed by atoms with Crippen molar-refractivity contribution >= 4 is 21.6 Å². The Hall–Kier alpha value is -1.36. The van der Waals surface area contributed by atoms with Crippen molar-refractivity contribution in [2.45, 2.75) is 108 Å². The zero-order valence-electron chi connectivity index (χ0n) is 25.3. The third-order valence-electron chi connectivity index (χ3n) is 11.6. The summed E-state index contributed by atoms with van der Waals surface area (Å²) in [5.41, 5.74) is 6.08. The molecule has 6 aliphatic rings. The molecule has 2 N–H and O–H groups in total. The van der Waals surface area contributed by atoms with E-state index in [0.29, 0.717) is 29.0 Å². The van der Waals surface area contributed by atoms with Crippen LogP contribution in [0.25, 0.3) is 0 Å². The number of allylic oxidation sites excluding steroid dienone is 2. The highest BCUT2D eigenvalue weighted by molar-refractivity contribution is 8.77. The molecule has 2 aromatic rings. The van der Waals surface area contributed by atoms with Crippen LogP contribution in [-0.2, 0) is 6.42 Å². The van der Waals surface area contributed by atoms with E-state index in [-0.39, 0.29) is 5.54 Å². The molecule has 3 aliphatic carbocycles. The van der Waals surface area contributed by atoms with E-state index in [0.717, 1.165) is 42.3 Å². The third-order valence-corrected chi connectivity index (χ3v) is 14.9. The van der Waals surface area contributed by atoms with Crippen LogP contribution in [0.5, 0.6) is 5.75 Å². The Morgan fingerprint density at radius 1 is 0.976 bits per heavy atom. The maximum Gasteiger partial charge on any atom is 0.116 e. The van der Waals surface area contributed by atoms with Crippen LogP contribution in [0.1, 0.15) is 113 Å². The van der Waals surface area contributed by atoms with Gasteiger partial charge in [0, 0.05) is 28.5 Å². The molecule has 0 aromatic heterocycles. The van der Waals surface area contributed by atoms with Gasteiger partial charge in [0.15, 0.2) is 0 Å². The molecule has 9 atom stereocenters. The van der Waals surface area contributed by atoms with Crippen LogP contribution in [0.3, 0.4) is 0 Å². The zero-order valence-corrected chi connectivity index (χ0v) is 26.9. The van der Waals surface area contributed by atoms with Gasteiger partial charge in [-0.2, -0.15) is 0 Å². The highest BCUT2D eigenvalue weighted by Gasteiger charge is 2.44. The fraction of sp³-hybridized carbons (Fsp3) is 0.622. The lowest BCUT2D eigenvalue weighted by molar-refractivity contribution is 0.0836.